The number of halogens is 1. The van der Waals surface area contributed by atoms with Crippen LogP contribution in [0, 0.1) is 12.7 Å². The highest BCUT2D eigenvalue weighted by Gasteiger charge is 2.47. The third-order valence-corrected chi connectivity index (χ3v) is 9.64. The summed E-state index contributed by atoms with van der Waals surface area (Å²) in [6.07, 6.45) is 5.31. The van der Waals surface area contributed by atoms with E-state index in [9.17, 15) is 12.8 Å². The Bertz CT molecular complexity index is 1400. The highest BCUT2D eigenvalue weighted by molar-refractivity contribution is 7.89. The van der Waals surface area contributed by atoms with Gasteiger partial charge in [0.25, 0.3) is 0 Å². The molecule has 0 unspecified atom stereocenters. The van der Waals surface area contributed by atoms with E-state index >= 15 is 0 Å². The Balaban J connectivity index is 1.22. The molecule has 2 atom stereocenters. The van der Waals surface area contributed by atoms with Crippen LogP contribution in [-0.2, 0) is 14.8 Å². The van der Waals surface area contributed by atoms with E-state index in [0.29, 0.717) is 31.1 Å². The molecule has 0 aliphatic carbocycles. The van der Waals surface area contributed by atoms with Crippen molar-refractivity contribution >= 4 is 21.7 Å². The second-order valence-electron chi connectivity index (χ2n) is 10.0. The van der Waals surface area contributed by atoms with Gasteiger partial charge in [0.1, 0.15) is 11.5 Å². The lowest BCUT2D eigenvalue weighted by atomic mass is 10.1. The smallest absolute Gasteiger partial charge is 0.243 e. The van der Waals surface area contributed by atoms with Gasteiger partial charge in [-0.25, -0.2) is 27.8 Å². The van der Waals surface area contributed by atoms with Crippen LogP contribution in [0.3, 0.4) is 0 Å². The Kier molecular flexibility index (Phi) is 6.22. The fraction of sp³-hybridized carbons (Fsp3) is 0.480. The summed E-state index contributed by atoms with van der Waals surface area (Å²) in [7, 11) is -1.53. The van der Waals surface area contributed by atoms with E-state index < -0.39 is 15.8 Å². The summed E-state index contributed by atoms with van der Waals surface area (Å²) < 4.78 is 50.4. The Morgan fingerprint density at radius 1 is 1.03 bits per heavy atom. The third-order valence-electron chi connectivity index (χ3n) is 7.71. The van der Waals surface area contributed by atoms with Crippen LogP contribution in [0.2, 0.25) is 0 Å². The number of aryl methyl sites for hydroxylation is 1. The highest BCUT2D eigenvalue weighted by Crippen LogP contribution is 2.35. The first-order valence-electron chi connectivity index (χ1n) is 12.5. The zero-order valence-electron chi connectivity index (χ0n) is 20.8. The van der Waals surface area contributed by atoms with Gasteiger partial charge in [0.2, 0.25) is 16.0 Å². The third kappa shape index (κ3) is 4.41. The Hall–Kier alpha value is -2.93. The number of hydrogen-bond donors (Lipinski definition) is 1. The van der Waals surface area contributed by atoms with Crippen molar-refractivity contribution in [1.82, 2.24) is 28.7 Å². The number of anilines is 2. The van der Waals surface area contributed by atoms with Crippen LogP contribution < -0.4 is 5.32 Å². The number of benzene rings is 1. The predicted octanol–water partition coefficient (Wildman–Crippen LogP) is 2.96. The van der Waals surface area contributed by atoms with Crippen LogP contribution in [0.5, 0.6) is 0 Å². The van der Waals surface area contributed by atoms with Crippen molar-refractivity contribution in [3.05, 3.63) is 48.3 Å². The molecule has 3 aliphatic rings. The molecule has 0 spiro atoms. The number of aromatic nitrogens is 4. The van der Waals surface area contributed by atoms with Gasteiger partial charge in [-0.3, -0.25) is 0 Å². The standard InChI is InChI=1S/C25H30FN7O3S/c1-16-27-13-23(33(16)18-7-9-36-10-8-18)24-22(26)12-28-25(30-24)29-17-3-5-21(6-4-17)37(34,35)32-15-19-11-20(32)14-31(19)2/h3-6,12-13,18-20H,7-11,14-15H2,1-2H3,(H,28,29,30)/t19-,20-/m0/s1. The zero-order chi connectivity index (χ0) is 25.7. The molecule has 6 rings (SSSR count). The van der Waals surface area contributed by atoms with Gasteiger partial charge in [0.05, 0.1) is 23.0 Å². The molecule has 2 bridgehead atoms. The number of hydrogen-bond acceptors (Lipinski definition) is 8. The number of likely N-dealkylation sites (N-methyl/N-ethyl adjacent to an activating group) is 1. The van der Waals surface area contributed by atoms with E-state index in [1.54, 1.807) is 34.8 Å². The molecule has 12 heteroatoms. The maximum Gasteiger partial charge on any atom is 0.243 e. The van der Waals surface area contributed by atoms with Gasteiger partial charge < -0.3 is 19.5 Å². The van der Waals surface area contributed by atoms with E-state index in [2.05, 4.69) is 25.2 Å². The van der Waals surface area contributed by atoms with Crippen LogP contribution in [0.1, 0.15) is 31.1 Å². The van der Waals surface area contributed by atoms with E-state index in [0.717, 1.165) is 37.8 Å². The second kappa shape index (κ2) is 9.43. The Morgan fingerprint density at radius 3 is 2.46 bits per heavy atom. The molecule has 3 saturated heterocycles. The molecule has 0 amide bonds. The molecule has 1 N–H and O–H groups in total. The van der Waals surface area contributed by atoms with Gasteiger partial charge in [-0.1, -0.05) is 0 Å². The van der Waals surface area contributed by atoms with E-state index in [-0.39, 0.29) is 34.7 Å². The van der Waals surface area contributed by atoms with Gasteiger partial charge in [0, 0.05) is 50.1 Å². The van der Waals surface area contributed by atoms with Crippen molar-refractivity contribution in [2.45, 2.75) is 49.2 Å². The van der Waals surface area contributed by atoms with Gasteiger partial charge in [-0.2, -0.15) is 4.31 Å². The molecule has 1 aromatic carbocycles. The minimum Gasteiger partial charge on any atom is -0.381 e. The summed E-state index contributed by atoms with van der Waals surface area (Å²) in [4.78, 5) is 15.4. The molecular weight excluding hydrogens is 497 g/mol. The lowest BCUT2D eigenvalue weighted by molar-refractivity contribution is 0.0694. The summed E-state index contributed by atoms with van der Waals surface area (Å²) in [5, 5.41) is 3.07. The van der Waals surface area contributed by atoms with Crippen molar-refractivity contribution in [3.63, 3.8) is 0 Å². The van der Waals surface area contributed by atoms with Gasteiger partial charge >= 0.3 is 0 Å². The van der Waals surface area contributed by atoms with Crippen LogP contribution in [0.15, 0.2) is 41.6 Å². The van der Waals surface area contributed by atoms with Crippen LogP contribution >= 0.6 is 0 Å². The highest BCUT2D eigenvalue weighted by atomic mass is 32.2. The molecule has 3 fully saturated rings. The number of nitrogens with zero attached hydrogens (tertiary/aromatic N) is 6. The second-order valence-corrected chi connectivity index (χ2v) is 11.9. The van der Waals surface area contributed by atoms with E-state index in [4.69, 9.17) is 4.74 Å². The normalized spacial score (nSPS) is 23.1. The molecule has 0 radical (unpaired) electrons. The van der Waals surface area contributed by atoms with E-state index in [1.807, 2.05) is 18.5 Å². The molecule has 0 saturated carbocycles. The largest absolute Gasteiger partial charge is 0.381 e. The average Bonchev–Trinajstić information content (AvgIpc) is 3.60. The summed E-state index contributed by atoms with van der Waals surface area (Å²) in [5.74, 6) is 0.471. The fourth-order valence-corrected chi connectivity index (χ4v) is 7.40. The molecule has 37 heavy (non-hydrogen) atoms. The Morgan fingerprint density at radius 2 is 1.78 bits per heavy atom. The minimum atomic E-state index is -3.56. The quantitative estimate of drug-likeness (QED) is 0.522. The van der Waals surface area contributed by atoms with Crippen molar-refractivity contribution in [2.75, 3.05) is 38.7 Å². The molecular formula is C25H30FN7O3S. The summed E-state index contributed by atoms with van der Waals surface area (Å²) in [5.41, 5.74) is 1.37. The van der Waals surface area contributed by atoms with Gasteiger partial charge in [0.15, 0.2) is 5.82 Å². The first kappa shape index (κ1) is 24.4. The van der Waals surface area contributed by atoms with Gasteiger partial charge in [-0.15, -0.1) is 0 Å². The van der Waals surface area contributed by atoms with E-state index in [1.165, 1.54) is 0 Å². The van der Waals surface area contributed by atoms with Crippen molar-refractivity contribution in [2.24, 2.45) is 0 Å². The maximum atomic E-state index is 14.9. The molecule has 3 aliphatic heterocycles. The first-order chi connectivity index (χ1) is 17.8. The number of ether oxygens (including phenoxy) is 1. The monoisotopic (exact) mass is 527 g/mol. The lowest BCUT2D eigenvalue weighted by Crippen LogP contribution is -2.47. The number of likely N-dealkylation sites (tertiary alicyclic amines) is 1. The fourth-order valence-electron chi connectivity index (χ4n) is 5.74. The topological polar surface area (TPSA) is 105 Å². The molecule has 10 nitrogen and oxygen atoms in total. The molecule has 3 aromatic rings. The average molecular weight is 528 g/mol. The molecule has 5 heterocycles. The SMILES string of the molecule is Cc1ncc(-c2nc(Nc3ccc(S(=O)(=O)N4C[C@@H]5C[C@H]4CN5C)cc3)ncc2F)n1C1CCOCC1. The van der Waals surface area contributed by atoms with Crippen molar-refractivity contribution in [3.8, 4) is 11.4 Å². The van der Waals surface area contributed by atoms with Crippen molar-refractivity contribution in [1.29, 1.82) is 0 Å². The molecule has 2 aromatic heterocycles. The summed E-state index contributed by atoms with van der Waals surface area (Å²) in [6.45, 7) is 4.50. The summed E-state index contributed by atoms with van der Waals surface area (Å²) >= 11 is 0. The summed E-state index contributed by atoms with van der Waals surface area (Å²) in [6, 6.07) is 7.01. The first-order valence-corrected chi connectivity index (χ1v) is 14.0. The Labute approximate surface area is 215 Å². The maximum absolute atomic E-state index is 14.9. The lowest BCUT2D eigenvalue weighted by Gasteiger charge is -2.31. The number of fused-ring (bicyclic) bond motifs is 2. The zero-order valence-corrected chi connectivity index (χ0v) is 21.7. The minimum absolute atomic E-state index is 0.0297. The number of sulfonamides is 1. The van der Waals surface area contributed by atoms with Gasteiger partial charge in [-0.05, 0) is 57.5 Å². The number of imidazole rings is 1. The number of piperazine rings is 1. The predicted molar refractivity (Wildman–Crippen MR) is 135 cm³/mol. The van der Waals surface area contributed by atoms with Crippen LogP contribution in [0.4, 0.5) is 16.0 Å². The van der Waals surface area contributed by atoms with Crippen LogP contribution in [-0.4, -0.2) is 82.6 Å². The van der Waals surface area contributed by atoms with Crippen LogP contribution in [0.25, 0.3) is 11.4 Å². The molecule has 196 valence electrons. The number of nitrogens with one attached hydrogen (secondary N) is 1. The number of rotatable bonds is 6. The van der Waals surface area contributed by atoms with Crippen molar-refractivity contribution < 1.29 is 17.5 Å².